The molecule has 0 saturated carbocycles. The summed E-state index contributed by atoms with van der Waals surface area (Å²) in [5, 5.41) is 8.37. The van der Waals surface area contributed by atoms with Crippen LogP contribution in [0.2, 0.25) is 5.02 Å². The van der Waals surface area contributed by atoms with Gasteiger partial charge in [-0.25, -0.2) is 8.78 Å². The molecule has 6 nitrogen and oxygen atoms in total. The fourth-order valence-electron chi connectivity index (χ4n) is 4.44. The van der Waals surface area contributed by atoms with Crippen molar-refractivity contribution in [2.45, 2.75) is 31.8 Å². The minimum Gasteiger partial charge on any atom is -0.467 e. The van der Waals surface area contributed by atoms with Crippen LogP contribution in [0, 0.1) is 11.6 Å². The van der Waals surface area contributed by atoms with Gasteiger partial charge in [-0.15, -0.1) is 0 Å². The Morgan fingerprint density at radius 2 is 1.81 bits per heavy atom. The summed E-state index contributed by atoms with van der Waals surface area (Å²) in [5.74, 6) is -3.34. The summed E-state index contributed by atoms with van der Waals surface area (Å²) in [6.45, 7) is 3.38. The Kier molecular flexibility index (Phi) is 5.59. The smallest absolute Gasteiger partial charge is 0.416 e. The summed E-state index contributed by atoms with van der Waals surface area (Å²) in [4.78, 5) is 26.1. The molecule has 0 aliphatic carbocycles. The van der Waals surface area contributed by atoms with Crippen molar-refractivity contribution in [2.75, 3.05) is 10.6 Å². The van der Waals surface area contributed by atoms with Gasteiger partial charge >= 0.3 is 6.18 Å². The van der Waals surface area contributed by atoms with E-state index in [1.54, 1.807) is 13.8 Å². The molecule has 2 heterocycles. The fourth-order valence-corrected chi connectivity index (χ4v) is 4.67. The lowest BCUT2D eigenvalue weighted by atomic mass is 9.94. The minimum atomic E-state index is -4.88. The van der Waals surface area contributed by atoms with Crippen LogP contribution in [0.4, 0.5) is 33.3 Å². The molecule has 0 saturated heterocycles. The monoisotopic (exact) mass is 537 g/mol. The van der Waals surface area contributed by atoms with Crippen LogP contribution in [0.5, 0.6) is 5.75 Å². The van der Waals surface area contributed by atoms with Crippen molar-refractivity contribution in [3.05, 3.63) is 86.9 Å². The highest BCUT2D eigenvalue weighted by Crippen LogP contribution is 2.50. The number of halogens is 6. The van der Waals surface area contributed by atoms with Crippen molar-refractivity contribution >= 4 is 34.8 Å². The van der Waals surface area contributed by atoms with E-state index in [4.69, 9.17) is 16.3 Å². The van der Waals surface area contributed by atoms with Crippen LogP contribution >= 0.6 is 11.6 Å². The summed E-state index contributed by atoms with van der Waals surface area (Å²) < 4.78 is 73.4. The number of fused-ring (bicyclic) bond motifs is 3. The van der Waals surface area contributed by atoms with Gasteiger partial charge in [0.2, 0.25) is 0 Å². The maximum Gasteiger partial charge on any atom is 0.416 e. The van der Waals surface area contributed by atoms with Crippen LogP contribution in [0.25, 0.3) is 0 Å². The summed E-state index contributed by atoms with van der Waals surface area (Å²) >= 11 is 6.29. The number of rotatable bonds is 3. The van der Waals surface area contributed by atoms with Gasteiger partial charge in [0.15, 0.2) is 5.72 Å². The number of nitrogens with one attached hydrogen (secondary N) is 3. The average molecular weight is 538 g/mol. The minimum absolute atomic E-state index is 0.0141. The van der Waals surface area contributed by atoms with E-state index in [1.165, 1.54) is 12.1 Å². The Bertz CT molecular complexity index is 1490. The summed E-state index contributed by atoms with van der Waals surface area (Å²) in [6.07, 6.45) is -4.88. The molecule has 1 unspecified atom stereocenters. The SMILES string of the molecule is CC1(C)Nc2c(cc(NC(=O)c3cc(F)cc(C(F)(F)F)c3)c3c2C(=O)NC3c2cc(F)ccc2Cl)O1. The maximum absolute atomic E-state index is 14.1. The van der Waals surface area contributed by atoms with Gasteiger partial charge in [-0.3, -0.25) is 9.59 Å². The number of hydrogen-bond donors (Lipinski definition) is 3. The number of anilines is 2. The van der Waals surface area contributed by atoms with Crippen molar-refractivity contribution < 1.29 is 36.3 Å². The Morgan fingerprint density at radius 1 is 1.08 bits per heavy atom. The molecular weight excluding hydrogens is 521 g/mol. The van der Waals surface area contributed by atoms with Crippen LogP contribution in [-0.2, 0) is 6.18 Å². The van der Waals surface area contributed by atoms with E-state index in [0.29, 0.717) is 17.8 Å². The first-order valence-corrected chi connectivity index (χ1v) is 11.2. The molecule has 2 aliphatic rings. The van der Waals surface area contributed by atoms with Gasteiger partial charge in [0, 0.05) is 27.8 Å². The molecule has 3 N–H and O–H groups in total. The van der Waals surface area contributed by atoms with Crippen molar-refractivity contribution in [3.8, 4) is 5.75 Å². The molecule has 37 heavy (non-hydrogen) atoms. The molecule has 2 aliphatic heterocycles. The molecule has 0 radical (unpaired) electrons. The second kappa shape index (κ2) is 8.34. The number of amides is 2. The van der Waals surface area contributed by atoms with Gasteiger partial charge in [-0.1, -0.05) is 11.6 Å². The Morgan fingerprint density at radius 3 is 2.51 bits per heavy atom. The van der Waals surface area contributed by atoms with Crippen molar-refractivity contribution in [1.29, 1.82) is 0 Å². The van der Waals surface area contributed by atoms with Crippen LogP contribution in [0.1, 0.15) is 57.3 Å². The number of carbonyl (C=O) groups is 2. The average Bonchev–Trinajstić information content (AvgIpc) is 3.29. The molecule has 1 atom stereocenters. The zero-order chi connectivity index (χ0) is 26.9. The summed E-state index contributed by atoms with van der Waals surface area (Å²) in [7, 11) is 0. The quantitative estimate of drug-likeness (QED) is 0.344. The number of ether oxygens (including phenoxy) is 1. The highest BCUT2D eigenvalue weighted by molar-refractivity contribution is 6.31. The number of carbonyl (C=O) groups excluding carboxylic acids is 2. The third-order valence-corrected chi connectivity index (χ3v) is 6.26. The normalized spacial score (nSPS) is 17.4. The highest BCUT2D eigenvalue weighted by atomic mass is 35.5. The predicted molar refractivity (Wildman–Crippen MR) is 125 cm³/mol. The molecule has 3 aromatic rings. The number of hydrogen-bond acceptors (Lipinski definition) is 4. The molecule has 0 aromatic heterocycles. The van der Waals surface area contributed by atoms with Gasteiger partial charge in [-0.05, 0) is 50.2 Å². The van der Waals surface area contributed by atoms with Crippen LogP contribution in [-0.4, -0.2) is 17.5 Å². The lowest BCUT2D eigenvalue weighted by Crippen LogP contribution is -2.32. The number of alkyl halides is 3. The molecule has 12 heteroatoms. The molecule has 3 aromatic carbocycles. The third kappa shape index (κ3) is 4.43. The first kappa shape index (κ1) is 24.8. The van der Waals surface area contributed by atoms with Gasteiger partial charge in [0.05, 0.1) is 28.5 Å². The van der Waals surface area contributed by atoms with Gasteiger partial charge < -0.3 is 20.7 Å². The topological polar surface area (TPSA) is 79.5 Å². The van der Waals surface area contributed by atoms with E-state index in [1.807, 2.05) is 0 Å². The fraction of sp³-hybridized carbons (Fsp3) is 0.200. The van der Waals surface area contributed by atoms with E-state index in [-0.39, 0.29) is 39.2 Å². The second-order valence-corrected chi connectivity index (χ2v) is 9.48. The second-order valence-electron chi connectivity index (χ2n) is 9.08. The van der Waals surface area contributed by atoms with Crippen LogP contribution < -0.4 is 20.7 Å². The largest absolute Gasteiger partial charge is 0.467 e. The standard InChI is InChI=1S/C25H17ClF5N3O3/c1-24(2)34-21-17(37-24)9-16(32-22(35)10-5-11(25(29,30)31)7-13(28)6-10)18-19(21)23(36)33-20(18)14-8-12(27)3-4-15(14)26/h3-9,20,34H,1-2H3,(H,32,35)(H,33,36). The van der Waals surface area contributed by atoms with Gasteiger partial charge in [-0.2, -0.15) is 13.2 Å². The molecule has 2 amide bonds. The lowest BCUT2D eigenvalue weighted by molar-refractivity contribution is -0.137. The molecule has 5 rings (SSSR count). The van der Waals surface area contributed by atoms with E-state index < -0.39 is 52.5 Å². The summed E-state index contributed by atoms with van der Waals surface area (Å²) in [6, 6.07) is 5.37. The Hall–Kier alpha value is -3.86. The van der Waals surface area contributed by atoms with E-state index in [0.717, 1.165) is 12.1 Å². The Labute approximate surface area is 211 Å². The molecule has 0 spiro atoms. The zero-order valence-corrected chi connectivity index (χ0v) is 19.9. The number of benzene rings is 3. The molecule has 0 fully saturated rings. The van der Waals surface area contributed by atoms with Gasteiger partial charge in [0.25, 0.3) is 11.8 Å². The lowest BCUT2D eigenvalue weighted by Gasteiger charge is -2.19. The van der Waals surface area contributed by atoms with Crippen molar-refractivity contribution in [3.63, 3.8) is 0 Å². The van der Waals surface area contributed by atoms with E-state index >= 15 is 0 Å². The van der Waals surface area contributed by atoms with Crippen molar-refractivity contribution in [1.82, 2.24) is 5.32 Å². The van der Waals surface area contributed by atoms with Crippen LogP contribution in [0.3, 0.4) is 0 Å². The van der Waals surface area contributed by atoms with Gasteiger partial charge in [0.1, 0.15) is 17.4 Å². The molecule has 192 valence electrons. The highest BCUT2D eigenvalue weighted by Gasteiger charge is 2.42. The predicted octanol–water partition coefficient (Wildman–Crippen LogP) is 6.26. The van der Waals surface area contributed by atoms with E-state index in [9.17, 15) is 31.5 Å². The first-order chi connectivity index (χ1) is 17.2. The molecule has 0 bridgehead atoms. The van der Waals surface area contributed by atoms with Crippen LogP contribution in [0.15, 0.2) is 42.5 Å². The van der Waals surface area contributed by atoms with E-state index in [2.05, 4.69) is 16.0 Å². The summed E-state index contributed by atoms with van der Waals surface area (Å²) in [5.41, 5.74) is -2.11. The van der Waals surface area contributed by atoms with Crippen molar-refractivity contribution in [2.24, 2.45) is 0 Å². The Balaban J connectivity index is 1.65. The molecular formula is C25H17ClF5N3O3. The first-order valence-electron chi connectivity index (χ1n) is 10.9. The third-order valence-electron chi connectivity index (χ3n) is 5.92. The maximum atomic E-state index is 14.1. The zero-order valence-electron chi connectivity index (χ0n) is 19.1.